The molecule has 1 aliphatic carbocycles. The van der Waals surface area contributed by atoms with Crippen molar-refractivity contribution in [2.45, 2.75) is 96.6 Å². The molecule has 0 spiro atoms. The third-order valence-corrected chi connectivity index (χ3v) is 9.27. The first kappa shape index (κ1) is 27.6. The quantitative estimate of drug-likeness (QED) is 0.338. The number of aryl methyl sites for hydroxylation is 1. The van der Waals surface area contributed by atoms with E-state index in [1.807, 2.05) is 42.5 Å². The van der Waals surface area contributed by atoms with E-state index in [4.69, 9.17) is 5.10 Å². The molecular formula is C34H43N5O2. The summed E-state index contributed by atoms with van der Waals surface area (Å²) in [6.07, 6.45) is 8.97. The highest BCUT2D eigenvalue weighted by Crippen LogP contribution is 2.42. The number of hydrogen-bond donors (Lipinski definition) is 2. The first-order chi connectivity index (χ1) is 19.6. The van der Waals surface area contributed by atoms with E-state index in [0.29, 0.717) is 35.6 Å². The number of nitrogens with one attached hydrogen (secondary N) is 2. The first-order valence-corrected chi connectivity index (χ1v) is 15.3. The van der Waals surface area contributed by atoms with Gasteiger partial charge in [0.2, 0.25) is 5.91 Å². The first-order valence-electron chi connectivity index (χ1n) is 15.3. The van der Waals surface area contributed by atoms with Crippen LogP contribution in [0.3, 0.4) is 0 Å². The summed E-state index contributed by atoms with van der Waals surface area (Å²) >= 11 is 0. The number of urea groups is 1. The highest BCUT2D eigenvalue weighted by atomic mass is 16.2. The van der Waals surface area contributed by atoms with Gasteiger partial charge < -0.3 is 10.2 Å². The molecule has 1 saturated carbocycles. The minimum absolute atomic E-state index is 0.152. The van der Waals surface area contributed by atoms with Crippen molar-refractivity contribution in [3.05, 3.63) is 71.4 Å². The van der Waals surface area contributed by atoms with E-state index < -0.39 is 0 Å². The Hall–Kier alpha value is -3.61. The molecule has 6 rings (SSSR count). The van der Waals surface area contributed by atoms with Gasteiger partial charge in [0.25, 0.3) is 0 Å². The summed E-state index contributed by atoms with van der Waals surface area (Å²) in [5, 5.41) is 10.8. The Balaban J connectivity index is 1.07. The zero-order chi connectivity index (χ0) is 28.7. The maximum absolute atomic E-state index is 13.0. The van der Waals surface area contributed by atoms with E-state index in [1.54, 1.807) is 4.68 Å². The van der Waals surface area contributed by atoms with E-state index in [1.165, 1.54) is 17.5 Å². The van der Waals surface area contributed by atoms with Gasteiger partial charge >= 0.3 is 6.03 Å². The van der Waals surface area contributed by atoms with Crippen LogP contribution < -0.4 is 10.6 Å². The van der Waals surface area contributed by atoms with Crippen LogP contribution >= 0.6 is 0 Å². The minimum Gasteiger partial charge on any atom is -0.336 e. The molecule has 1 aromatic heterocycles. The molecule has 2 aliphatic heterocycles. The normalized spacial score (nSPS) is 22.3. The summed E-state index contributed by atoms with van der Waals surface area (Å²) in [4.78, 5) is 28.3. The second-order valence-electron chi connectivity index (χ2n) is 13.5. The lowest BCUT2D eigenvalue weighted by atomic mass is 9.81. The van der Waals surface area contributed by atoms with E-state index in [2.05, 4.69) is 55.4 Å². The summed E-state index contributed by atoms with van der Waals surface area (Å²) in [5.74, 6) is 1.98. The van der Waals surface area contributed by atoms with Crippen LogP contribution in [0.1, 0.15) is 82.5 Å². The largest absolute Gasteiger partial charge is 0.336 e. The average molecular weight is 554 g/mol. The van der Waals surface area contributed by atoms with Gasteiger partial charge in [-0.3, -0.25) is 10.1 Å². The van der Waals surface area contributed by atoms with Crippen LogP contribution in [-0.2, 0) is 16.6 Å². The number of hydrogen-bond acceptors (Lipinski definition) is 3. The molecule has 41 heavy (non-hydrogen) atoms. The SMILES string of the molecule is Cc1ccc(-n2nc(C(C)(C)C)cc2NC(=O)Nc2ccc(CC3CC4CCC(C3)N4C(=O)C3CCC3)cc2)cc1. The predicted molar refractivity (Wildman–Crippen MR) is 164 cm³/mol. The molecule has 216 valence electrons. The molecule has 2 aromatic carbocycles. The molecule has 2 saturated heterocycles. The topological polar surface area (TPSA) is 79.3 Å². The summed E-state index contributed by atoms with van der Waals surface area (Å²) in [6, 6.07) is 18.8. The van der Waals surface area contributed by atoms with Gasteiger partial charge in [-0.25, -0.2) is 9.48 Å². The third kappa shape index (κ3) is 5.90. The fraction of sp³-hybridized carbons (Fsp3) is 0.500. The summed E-state index contributed by atoms with van der Waals surface area (Å²) in [6.45, 7) is 8.40. The van der Waals surface area contributed by atoms with Crippen molar-refractivity contribution in [3.8, 4) is 5.69 Å². The van der Waals surface area contributed by atoms with Gasteiger partial charge in [-0.1, -0.05) is 57.0 Å². The van der Waals surface area contributed by atoms with Crippen molar-refractivity contribution in [1.29, 1.82) is 0 Å². The predicted octanol–water partition coefficient (Wildman–Crippen LogP) is 7.23. The summed E-state index contributed by atoms with van der Waals surface area (Å²) < 4.78 is 1.79. The Morgan fingerprint density at radius 3 is 2.15 bits per heavy atom. The number of benzene rings is 2. The number of fused-ring (bicyclic) bond motifs is 2. The number of aromatic nitrogens is 2. The summed E-state index contributed by atoms with van der Waals surface area (Å²) in [5.41, 5.74) is 4.86. The number of carbonyl (C=O) groups excluding carboxylic acids is 2. The van der Waals surface area contributed by atoms with E-state index in [9.17, 15) is 9.59 Å². The Bertz CT molecular complexity index is 1380. The Kier molecular flexibility index (Phi) is 7.39. The van der Waals surface area contributed by atoms with E-state index in [0.717, 1.165) is 62.0 Å². The van der Waals surface area contributed by atoms with Crippen molar-refractivity contribution in [1.82, 2.24) is 14.7 Å². The van der Waals surface area contributed by atoms with Crippen molar-refractivity contribution >= 4 is 23.4 Å². The number of amides is 3. The second kappa shape index (κ2) is 11.0. The molecule has 0 radical (unpaired) electrons. The van der Waals surface area contributed by atoms with E-state index >= 15 is 0 Å². The Morgan fingerprint density at radius 1 is 0.902 bits per heavy atom. The van der Waals surface area contributed by atoms with Crippen molar-refractivity contribution in [2.75, 3.05) is 10.6 Å². The molecule has 2 unspecified atom stereocenters. The molecule has 3 heterocycles. The number of carbonyl (C=O) groups is 2. The van der Waals surface area contributed by atoms with Crippen molar-refractivity contribution in [3.63, 3.8) is 0 Å². The lowest BCUT2D eigenvalue weighted by Gasteiger charge is -2.42. The van der Waals surface area contributed by atoms with Crippen LogP contribution in [-0.4, -0.2) is 38.7 Å². The molecule has 2 N–H and O–H groups in total. The van der Waals surface area contributed by atoms with Crippen LogP contribution in [0, 0.1) is 18.8 Å². The van der Waals surface area contributed by atoms with Gasteiger partial charge in [-0.2, -0.15) is 5.10 Å². The zero-order valence-corrected chi connectivity index (χ0v) is 24.8. The Labute approximate surface area is 243 Å². The minimum atomic E-state index is -0.299. The molecule has 7 heteroatoms. The molecule has 3 aliphatic rings. The number of anilines is 2. The van der Waals surface area contributed by atoms with E-state index in [-0.39, 0.29) is 11.4 Å². The fourth-order valence-electron chi connectivity index (χ4n) is 6.74. The second-order valence-corrected chi connectivity index (χ2v) is 13.5. The smallest absolute Gasteiger partial charge is 0.324 e. The molecule has 3 aromatic rings. The highest BCUT2D eigenvalue weighted by Gasteiger charge is 2.45. The molecule has 2 bridgehead atoms. The Morgan fingerprint density at radius 2 is 1.56 bits per heavy atom. The molecule has 3 fully saturated rings. The van der Waals surface area contributed by atoms with Crippen LogP contribution in [0.2, 0.25) is 0 Å². The third-order valence-electron chi connectivity index (χ3n) is 9.27. The van der Waals surface area contributed by atoms with Gasteiger partial charge in [0.1, 0.15) is 5.82 Å². The van der Waals surface area contributed by atoms with Gasteiger partial charge in [-0.15, -0.1) is 0 Å². The molecule has 2 atom stereocenters. The lowest BCUT2D eigenvalue weighted by molar-refractivity contribution is -0.143. The maximum Gasteiger partial charge on any atom is 0.324 e. The van der Waals surface area contributed by atoms with Crippen LogP contribution in [0.25, 0.3) is 5.69 Å². The van der Waals surface area contributed by atoms with Gasteiger partial charge in [0, 0.05) is 35.2 Å². The van der Waals surface area contributed by atoms with Gasteiger partial charge in [0.05, 0.1) is 11.4 Å². The number of nitrogens with zero attached hydrogens (tertiary/aromatic N) is 3. The standard InChI is InChI=1S/C34H43N5O2/c1-22-8-14-27(15-9-22)39-31(21-30(37-39)34(2,3)4)36-33(41)35-26-12-10-23(11-13-26)18-24-19-28-16-17-29(20-24)38(28)32(40)25-6-5-7-25/h8-15,21,24-25,28-29H,5-7,16-20H2,1-4H3,(H2,35,36,41). The van der Waals surface area contributed by atoms with Crippen LogP contribution in [0.15, 0.2) is 54.6 Å². The van der Waals surface area contributed by atoms with Crippen molar-refractivity contribution in [2.24, 2.45) is 11.8 Å². The van der Waals surface area contributed by atoms with Crippen LogP contribution in [0.4, 0.5) is 16.3 Å². The molecule has 3 amide bonds. The lowest BCUT2D eigenvalue weighted by Crippen LogP contribution is -2.50. The highest BCUT2D eigenvalue weighted by molar-refractivity contribution is 5.99. The molecular weight excluding hydrogens is 510 g/mol. The number of piperidine rings is 1. The van der Waals surface area contributed by atoms with Crippen LogP contribution in [0.5, 0.6) is 0 Å². The monoisotopic (exact) mass is 553 g/mol. The fourth-order valence-corrected chi connectivity index (χ4v) is 6.74. The average Bonchev–Trinajstić information content (AvgIpc) is 3.43. The number of rotatable bonds is 6. The molecule has 7 nitrogen and oxygen atoms in total. The van der Waals surface area contributed by atoms with Gasteiger partial charge in [0.15, 0.2) is 0 Å². The zero-order valence-electron chi connectivity index (χ0n) is 24.8. The summed E-state index contributed by atoms with van der Waals surface area (Å²) in [7, 11) is 0. The maximum atomic E-state index is 13.0. The van der Waals surface area contributed by atoms with Gasteiger partial charge in [-0.05, 0) is 87.6 Å². The van der Waals surface area contributed by atoms with Crippen molar-refractivity contribution < 1.29 is 9.59 Å².